The highest BCUT2D eigenvalue weighted by Crippen LogP contribution is 2.25. The molecule has 0 aliphatic heterocycles. The Balaban J connectivity index is 1.39. The molecule has 0 radical (unpaired) electrons. The zero-order valence-electron chi connectivity index (χ0n) is 17.1. The van der Waals surface area contributed by atoms with Crippen LogP contribution in [0.5, 0.6) is 11.5 Å². The fourth-order valence-electron chi connectivity index (χ4n) is 3.22. The van der Waals surface area contributed by atoms with Crippen LogP contribution in [0.3, 0.4) is 0 Å². The number of carbonyl (C=O) groups is 2. The van der Waals surface area contributed by atoms with E-state index in [0.717, 1.165) is 12.8 Å². The first kappa shape index (κ1) is 21.8. The Hall–Kier alpha value is -3.86. The molecule has 0 bridgehead atoms. The Morgan fingerprint density at radius 2 is 1.87 bits per heavy atom. The molecule has 0 heterocycles. The van der Waals surface area contributed by atoms with Crippen molar-refractivity contribution < 1.29 is 19.1 Å². The highest BCUT2D eigenvalue weighted by atomic mass is 16.5. The minimum atomic E-state index is -0.478. The van der Waals surface area contributed by atoms with Crippen molar-refractivity contribution in [3.8, 4) is 17.6 Å². The van der Waals surface area contributed by atoms with E-state index in [0.29, 0.717) is 17.1 Å². The van der Waals surface area contributed by atoms with Gasteiger partial charge in [0.15, 0.2) is 13.2 Å². The van der Waals surface area contributed by atoms with Crippen LogP contribution in [0.15, 0.2) is 47.6 Å². The van der Waals surface area contributed by atoms with Crippen LogP contribution in [-0.4, -0.2) is 37.8 Å². The summed E-state index contributed by atoms with van der Waals surface area (Å²) in [6, 6.07) is 14.8. The second kappa shape index (κ2) is 11.4. The summed E-state index contributed by atoms with van der Waals surface area (Å²) in [4.78, 5) is 23.8. The number of para-hydroxylation sites is 1. The zero-order chi connectivity index (χ0) is 21.9. The molecule has 8 heteroatoms. The summed E-state index contributed by atoms with van der Waals surface area (Å²) >= 11 is 0. The maximum atomic E-state index is 12.0. The van der Waals surface area contributed by atoms with Crippen molar-refractivity contribution in [1.82, 2.24) is 10.7 Å². The second-order valence-electron chi connectivity index (χ2n) is 6.98. The molecule has 160 valence electrons. The first-order valence-corrected chi connectivity index (χ1v) is 10.1. The molecule has 3 rings (SSSR count). The third kappa shape index (κ3) is 6.85. The average molecular weight is 420 g/mol. The van der Waals surface area contributed by atoms with Crippen LogP contribution in [0.4, 0.5) is 0 Å². The molecule has 0 saturated carbocycles. The van der Waals surface area contributed by atoms with Crippen molar-refractivity contribution >= 4 is 18.0 Å². The highest BCUT2D eigenvalue weighted by Gasteiger charge is 2.11. The van der Waals surface area contributed by atoms with Crippen LogP contribution < -0.4 is 20.2 Å². The Labute approximate surface area is 180 Å². The zero-order valence-corrected chi connectivity index (χ0v) is 17.1. The largest absolute Gasteiger partial charge is 0.484 e. The molecule has 31 heavy (non-hydrogen) atoms. The molecule has 0 saturated heterocycles. The lowest BCUT2D eigenvalue weighted by Gasteiger charge is -2.16. The number of nitriles is 1. The van der Waals surface area contributed by atoms with Crippen LogP contribution in [0.2, 0.25) is 0 Å². The molecular weight excluding hydrogens is 396 g/mol. The second-order valence-corrected chi connectivity index (χ2v) is 6.98. The number of aryl methyl sites for hydroxylation is 2. The van der Waals surface area contributed by atoms with Crippen molar-refractivity contribution in [1.29, 1.82) is 5.26 Å². The van der Waals surface area contributed by atoms with Gasteiger partial charge in [0.2, 0.25) is 0 Å². The van der Waals surface area contributed by atoms with Crippen molar-refractivity contribution in [3.05, 3.63) is 59.2 Å². The molecule has 2 N–H and O–H groups in total. The van der Waals surface area contributed by atoms with E-state index in [1.807, 2.05) is 18.2 Å². The van der Waals surface area contributed by atoms with Gasteiger partial charge in [-0.3, -0.25) is 9.59 Å². The molecule has 1 aliphatic rings. The van der Waals surface area contributed by atoms with Crippen LogP contribution in [0, 0.1) is 11.3 Å². The first-order chi connectivity index (χ1) is 15.2. The Kier molecular flexibility index (Phi) is 8.00. The van der Waals surface area contributed by atoms with E-state index in [-0.39, 0.29) is 19.8 Å². The number of hydrogen-bond donors (Lipinski definition) is 2. The summed E-state index contributed by atoms with van der Waals surface area (Å²) in [6.07, 6.45) is 5.92. The lowest BCUT2D eigenvalue weighted by molar-refractivity contribution is -0.127. The molecule has 0 atom stereocenters. The van der Waals surface area contributed by atoms with E-state index >= 15 is 0 Å². The number of hydrazone groups is 1. The summed E-state index contributed by atoms with van der Waals surface area (Å²) in [5.41, 5.74) is 5.57. The molecule has 1 aliphatic carbocycles. The number of carbonyl (C=O) groups excluding carboxylic acids is 2. The summed E-state index contributed by atoms with van der Waals surface area (Å²) in [5.74, 6) is 0.262. The van der Waals surface area contributed by atoms with Gasteiger partial charge in [0.25, 0.3) is 11.8 Å². The molecule has 2 aromatic rings. The van der Waals surface area contributed by atoms with Gasteiger partial charge in [-0.25, -0.2) is 5.43 Å². The van der Waals surface area contributed by atoms with E-state index in [1.165, 1.54) is 30.2 Å². The summed E-state index contributed by atoms with van der Waals surface area (Å²) in [5, 5.41) is 15.0. The van der Waals surface area contributed by atoms with Crippen LogP contribution in [0.25, 0.3) is 0 Å². The molecule has 2 aromatic carbocycles. The van der Waals surface area contributed by atoms with Crippen LogP contribution >= 0.6 is 0 Å². The first-order valence-electron chi connectivity index (χ1n) is 10.1. The van der Waals surface area contributed by atoms with Gasteiger partial charge in [-0.2, -0.15) is 10.4 Å². The quantitative estimate of drug-likeness (QED) is 0.477. The van der Waals surface area contributed by atoms with Crippen LogP contribution in [0.1, 0.15) is 29.5 Å². The van der Waals surface area contributed by atoms with Gasteiger partial charge in [-0.1, -0.05) is 18.2 Å². The third-order valence-corrected chi connectivity index (χ3v) is 4.74. The maximum absolute atomic E-state index is 12.0. The number of ether oxygens (including phenoxy) is 2. The predicted octanol–water partition coefficient (Wildman–Crippen LogP) is 2.11. The number of benzene rings is 2. The van der Waals surface area contributed by atoms with Gasteiger partial charge in [0.1, 0.15) is 17.6 Å². The molecule has 0 fully saturated rings. The molecule has 2 amide bonds. The topological polar surface area (TPSA) is 113 Å². The van der Waals surface area contributed by atoms with Crippen molar-refractivity contribution in [2.24, 2.45) is 5.10 Å². The number of fused-ring (bicyclic) bond motifs is 1. The molecule has 0 aromatic heterocycles. The summed E-state index contributed by atoms with van der Waals surface area (Å²) < 4.78 is 10.8. The fraction of sp³-hybridized carbons (Fsp3) is 0.304. The van der Waals surface area contributed by atoms with E-state index in [4.69, 9.17) is 14.7 Å². The average Bonchev–Trinajstić information content (AvgIpc) is 2.80. The van der Waals surface area contributed by atoms with Gasteiger partial charge in [0.05, 0.1) is 12.8 Å². The summed E-state index contributed by atoms with van der Waals surface area (Å²) in [7, 11) is 0. The SMILES string of the molecule is N#CCOc1ccccc1/C=N/NC(=O)CNC(=O)COc1ccc2c(c1)CCCC2. The van der Waals surface area contributed by atoms with E-state index in [9.17, 15) is 9.59 Å². The molecule has 0 spiro atoms. The van der Waals surface area contributed by atoms with Gasteiger partial charge in [-0.05, 0) is 61.1 Å². The maximum Gasteiger partial charge on any atom is 0.259 e. The number of hydrogen-bond acceptors (Lipinski definition) is 6. The van der Waals surface area contributed by atoms with Crippen molar-refractivity contribution in [2.75, 3.05) is 19.8 Å². The van der Waals surface area contributed by atoms with Crippen molar-refractivity contribution in [3.63, 3.8) is 0 Å². The molecular formula is C23H24N4O4. The normalized spacial score (nSPS) is 12.5. The third-order valence-electron chi connectivity index (χ3n) is 4.74. The lowest BCUT2D eigenvalue weighted by atomic mass is 9.92. The number of nitrogens with one attached hydrogen (secondary N) is 2. The lowest BCUT2D eigenvalue weighted by Crippen LogP contribution is -2.37. The number of amides is 2. The molecule has 0 unspecified atom stereocenters. The van der Waals surface area contributed by atoms with Crippen LogP contribution in [-0.2, 0) is 22.4 Å². The Bertz CT molecular complexity index is 997. The number of nitrogens with zero attached hydrogens (tertiary/aromatic N) is 2. The standard InChI is InChI=1S/C23H24N4O4/c24-11-12-30-21-8-4-3-7-19(21)14-26-27-22(28)15-25-23(29)16-31-20-10-9-17-5-1-2-6-18(17)13-20/h3-4,7-10,13-14H,1-2,5-6,12,15-16H2,(H,25,29)(H,27,28)/b26-14+. The smallest absolute Gasteiger partial charge is 0.259 e. The van der Waals surface area contributed by atoms with Gasteiger partial charge >= 0.3 is 0 Å². The monoisotopic (exact) mass is 420 g/mol. The predicted molar refractivity (Wildman–Crippen MR) is 115 cm³/mol. The minimum absolute atomic E-state index is 0.0865. The van der Waals surface area contributed by atoms with Gasteiger partial charge < -0.3 is 14.8 Å². The summed E-state index contributed by atoms with van der Waals surface area (Å²) in [6.45, 7) is -0.480. The van der Waals surface area contributed by atoms with E-state index < -0.39 is 11.8 Å². The minimum Gasteiger partial charge on any atom is -0.484 e. The van der Waals surface area contributed by atoms with Gasteiger partial charge in [0, 0.05) is 5.56 Å². The Morgan fingerprint density at radius 3 is 2.71 bits per heavy atom. The van der Waals surface area contributed by atoms with E-state index in [1.54, 1.807) is 24.3 Å². The van der Waals surface area contributed by atoms with E-state index in [2.05, 4.69) is 21.9 Å². The van der Waals surface area contributed by atoms with Crippen molar-refractivity contribution in [2.45, 2.75) is 25.7 Å². The molecule has 8 nitrogen and oxygen atoms in total. The highest BCUT2D eigenvalue weighted by molar-refractivity contribution is 5.87. The Morgan fingerprint density at radius 1 is 1.06 bits per heavy atom. The van der Waals surface area contributed by atoms with Gasteiger partial charge in [-0.15, -0.1) is 0 Å². The number of rotatable bonds is 9. The fourth-order valence-corrected chi connectivity index (χ4v) is 3.22.